The minimum Gasteiger partial charge on any atom is -0.481 e. The molecule has 6 heteroatoms. The molecular formula is C16H22BrFN2O2. The maximum absolute atomic E-state index is 13.6. The molecule has 1 aliphatic heterocycles. The van der Waals surface area contributed by atoms with Gasteiger partial charge in [-0.25, -0.2) is 4.39 Å². The van der Waals surface area contributed by atoms with Gasteiger partial charge in [-0.3, -0.25) is 4.79 Å². The Morgan fingerprint density at radius 1 is 1.45 bits per heavy atom. The molecule has 0 spiro atoms. The average Bonchev–Trinajstić information content (AvgIpc) is 2.52. The van der Waals surface area contributed by atoms with E-state index in [0.29, 0.717) is 10.4 Å². The van der Waals surface area contributed by atoms with Crippen molar-refractivity contribution in [1.82, 2.24) is 10.2 Å². The molecule has 1 aliphatic rings. The third-order valence-electron chi connectivity index (χ3n) is 3.90. The number of amides is 1. The van der Waals surface area contributed by atoms with Crippen molar-refractivity contribution < 1.29 is 13.9 Å². The molecule has 4 nitrogen and oxygen atoms in total. The van der Waals surface area contributed by atoms with Gasteiger partial charge in [0.2, 0.25) is 0 Å². The van der Waals surface area contributed by atoms with E-state index < -0.39 is 5.82 Å². The molecule has 22 heavy (non-hydrogen) atoms. The van der Waals surface area contributed by atoms with E-state index in [1.54, 1.807) is 11.0 Å². The lowest BCUT2D eigenvalue weighted by Gasteiger charge is -2.32. The number of hydrogen-bond acceptors (Lipinski definition) is 3. The molecular weight excluding hydrogens is 351 g/mol. The molecule has 1 heterocycles. The predicted octanol–water partition coefficient (Wildman–Crippen LogP) is 2.82. The van der Waals surface area contributed by atoms with Crippen LogP contribution in [0.3, 0.4) is 0 Å². The van der Waals surface area contributed by atoms with E-state index in [1.165, 1.54) is 12.1 Å². The van der Waals surface area contributed by atoms with Crippen molar-refractivity contribution >= 4 is 21.8 Å². The Labute approximate surface area is 139 Å². The van der Waals surface area contributed by atoms with Crippen LogP contribution in [-0.4, -0.2) is 43.6 Å². The summed E-state index contributed by atoms with van der Waals surface area (Å²) in [6.45, 7) is 5.47. The summed E-state index contributed by atoms with van der Waals surface area (Å²) in [7, 11) is 0. The van der Waals surface area contributed by atoms with Crippen LogP contribution in [0.2, 0.25) is 0 Å². The van der Waals surface area contributed by atoms with Gasteiger partial charge in [0.15, 0.2) is 18.2 Å². The molecule has 0 aromatic heterocycles. The molecule has 0 aliphatic carbocycles. The highest BCUT2D eigenvalue weighted by atomic mass is 79.9. The zero-order chi connectivity index (χ0) is 15.9. The highest BCUT2D eigenvalue weighted by Crippen LogP contribution is 2.22. The second-order valence-corrected chi connectivity index (χ2v) is 6.41. The Morgan fingerprint density at radius 3 is 2.82 bits per heavy atom. The van der Waals surface area contributed by atoms with Crippen LogP contribution in [0.1, 0.15) is 19.8 Å². The van der Waals surface area contributed by atoms with Crippen molar-refractivity contribution in [3.05, 3.63) is 28.5 Å². The maximum Gasteiger partial charge on any atom is 0.260 e. The van der Waals surface area contributed by atoms with Crippen LogP contribution < -0.4 is 10.1 Å². The van der Waals surface area contributed by atoms with Crippen LogP contribution in [0.5, 0.6) is 5.75 Å². The first-order valence-electron chi connectivity index (χ1n) is 7.66. The molecule has 122 valence electrons. The number of benzene rings is 1. The van der Waals surface area contributed by atoms with Gasteiger partial charge in [-0.15, -0.1) is 0 Å². The van der Waals surface area contributed by atoms with Crippen LogP contribution >= 0.6 is 15.9 Å². The zero-order valence-corrected chi connectivity index (χ0v) is 14.4. The Bertz CT molecular complexity index is 505. The van der Waals surface area contributed by atoms with E-state index in [2.05, 4.69) is 28.2 Å². The predicted molar refractivity (Wildman–Crippen MR) is 87.4 cm³/mol. The van der Waals surface area contributed by atoms with Gasteiger partial charge >= 0.3 is 0 Å². The van der Waals surface area contributed by atoms with Crippen LogP contribution in [0, 0.1) is 11.7 Å². The van der Waals surface area contributed by atoms with Crippen LogP contribution in [0.25, 0.3) is 0 Å². The molecule has 1 saturated heterocycles. The fourth-order valence-corrected chi connectivity index (χ4v) is 2.89. The van der Waals surface area contributed by atoms with E-state index >= 15 is 0 Å². The largest absolute Gasteiger partial charge is 0.481 e. The molecule has 1 N–H and O–H groups in total. The van der Waals surface area contributed by atoms with E-state index in [-0.39, 0.29) is 18.3 Å². The molecule has 0 atom stereocenters. The summed E-state index contributed by atoms with van der Waals surface area (Å²) in [4.78, 5) is 13.9. The molecule has 0 bridgehead atoms. The lowest BCUT2D eigenvalue weighted by molar-refractivity contribution is -0.134. The number of ether oxygens (including phenoxy) is 1. The van der Waals surface area contributed by atoms with Crippen molar-refractivity contribution in [1.29, 1.82) is 0 Å². The van der Waals surface area contributed by atoms with Gasteiger partial charge in [0.25, 0.3) is 5.91 Å². The minimum atomic E-state index is -0.466. The van der Waals surface area contributed by atoms with Crippen LogP contribution in [-0.2, 0) is 4.79 Å². The fourth-order valence-electron chi connectivity index (χ4n) is 2.56. The summed E-state index contributed by atoms with van der Waals surface area (Å²) in [6, 6.07) is 4.54. The summed E-state index contributed by atoms with van der Waals surface area (Å²) in [5.74, 6) is 0.197. The Balaban J connectivity index is 1.76. The first-order valence-corrected chi connectivity index (χ1v) is 8.45. The Hall–Kier alpha value is -1.14. The second-order valence-electron chi connectivity index (χ2n) is 5.50. The van der Waals surface area contributed by atoms with Crippen LogP contribution in [0.15, 0.2) is 22.7 Å². The molecule has 1 fully saturated rings. The van der Waals surface area contributed by atoms with Gasteiger partial charge in [0, 0.05) is 17.6 Å². The lowest BCUT2D eigenvalue weighted by atomic mass is 9.97. The number of halogens is 2. The Morgan fingerprint density at radius 2 is 2.18 bits per heavy atom. The Kier molecular flexibility index (Phi) is 6.64. The van der Waals surface area contributed by atoms with Crippen molar-refractivity contribution in [2.75, 3.05) is 32.8 Å². The summed E-state index contributed by atoms with van der Waals surface area (Å²) < 4.78 is 19.6. The molecule has 0 saturated carbocycles. The number of rotatable bonds is 6. The number of piperidine rings is 1. The van der Waals surface area contributed by atoms with Crippen molar-refractivity contribution in [3.8, 4) is 5.75 Å². The average molecular weight is 373 g/mol. The molecule has 1 amide bonds. The number of nitrogens with zero attached hydrogens (tertiary/aromatic N) is 1. The smallest absolute Gasteiger partial charge is 0.260 e. The topological polar surface area (TPSA) is 41.6 Å². The van der Waals surface area contributed by atoms with Gasteiger partial charge in [0.1, 0.15) is 0 Å². The SMILES string of the molecule is CCNCC1CCN(C(=O)COc2ccc(Br)cc2F)CC1. The molecule has 2 rings (SSSR count). The van der Waals surface area contributed by atoms with Crippen LogP contribution in [0.4, 0.5) is 4.39 Å². The summed E-state index contributed by atoms with van der Waals surface area (Å²) >= 11 is 3.19. The number of nitrogens with one attached hydrogen (secondary N) is 1. The van der Waals surface area contributed by atoms with Gasteiger partial charge in [0.05, 0.1) is 0 Å². The monoisotopic (exact) mass is 372 g/mol. The number of carbonyl (C=O) groups is 1. The quantitative estimate of drug-likeness (QED) is 0.834. The third-order valence-corrected chi connectivity index (χ3v) is 4.39. The second kappa shape index (κ2) is 8.48. The first-order chi connectivity index (χ1) is 10.6. The molecule has 1 aromatic rings. The summed E-state index contributed by atoms with van der Waals surface area (Å²) in [5, 5.41) is 3.35. The van der Waals surface area contributed by atoms with E-state index in [1.807, 2.05) is 0 Å². The standard InChI is InChI=1S/C16H22BrFN2O2/c1-2-19-10-12-5-7-20(8-6-12)16(21)11-22-15-4-3-13(17)9-14(15)18/h3-4,9,12,19H,2,5-8,10-11H2,1H3. The fraction of sp³-hybridized carbons (Fsp3) is 0.562. The van der Waals surface area contributed by atoms with Crippen molar-refractivity contribution in [2.24, 2.45) is 5.92 Å². The molecule has 0 unspecified atom stereocenters. The van der Waals surface area contributed by atoms with E-state index in [4.69, 9.17) is 4.74 Å². The van der Waals surface area contributed by atoms with E-state index in [0.717, 1.165) is 39.0 Å². The summed E-state index contributed by atoms with van der Waals surface area (Å²) in [5.41, 5.74) is 0. The zero-order valence-electron chi connectivity index (χ0n) is 12.8. The van der Waals surface area contributed by atoms with Gasteiger partial charge in [-0.2, -0.15) is 0 Å². The first kappa shape index (κ1) is 17.2. The number of carbonyl (C=O) groups excluding carboxylic acids is 1. The minimum absolute atomic E-state index is 0.0794. The lowest BCUT2D eigenvalue weighted by Crippen LogP contribution is -2.42. The molecule has 0 radical (unpaired) electrons. The van der Waals surface area contributed by atoms with E-state index in [9.17, 15) is 9.18 Å². The number of hydrogen-bond donors (Lipinski definition) is 1. The molecule has 1 aromatic carbocycles. The highest BCUT2D eigenvalue weighted by molar-refractivity contribution is 9.10. The normalized spacial score (nSPS) is 15.9. The highest BCUT2D eigenvalue weighted by Gasteiger charge is 2.22. The maximum atomic E-state index is 13.6. The van der Waals surface area contributed by atoms with Gasteiger partial charge in [-0.05, 0) is 50.0 Å². The third kappa shape index (κ3) is 4.95. The van der Waals surface area contributed by atoms with Gasteiger partial charge in [-0.1, -0.05) is 22.9 Å². The van der Waals surface area contributed by atoms with Crippen molar-refractivity contribution in [2.45, 2.75) is 19.8 Å². The summed E-state index contributed by atoms with van der Waals surface area (Å²) in [6.07, 6.45) is 2.01. The number of likely N-dealkylation sites (tertiary alicyclic amines) is 1. The van der Waals surface area contributed by atoms with Crippen molar-refractivity contribution in [3.63, 3.8) is 0 Å². The van der Waals surface area contributed by atoms with Gasteiger partial charge < -0.3 is 15.0 Å².